The minimum atomic E-state index is -0.500. The van der Waals surface area contributed by atoms with Crippen molar-refractivity contribution < 1.29 is 23.9 Å². The van der Waals surface area contributed by atoms with E-state index >= 15 is 0 Å². The highest BCUT2D eigenvalue weighted by Crippen LogP contribution is 2.24. The molecule has 0 spiro atoms. The van der Waals surface area contributed by atoms with Gasteiger partial charge in [-0.1, -0.05) is 32.9 Å². The Morgan fingerprint density at radius 1 is 0.931 bits per heavy atom. The van der Waals surface area contributed by atoms with E-state index in [1.54, 1.807) is 24.3 Å². The average Bonchev–Trinajstić information content (AvgIpc) is 2.66. The lowest BCUT2D eigenvalue weighted by Crippen LogP contribution is -2.16. The van der Waals surface area contributed by atoms with E-state index in [-0.39, 0.29) is 36.7 Å². The molecule has 0 atom stereocenters. The van der Waals surface area contributed by atoms with Gasteiger partial charge >= 0.3 is 5.97 Å². The second-order valence-electron chi connectivity index (χ2n) is 7.72. The highest BCUT2D eigenvalue weighted by atomic mass is 16.5. The summed E-state index contributed by atoms with van der Waals surface area (Å²) in [6.07, 6.45) is 0.0514. The van der Waals surface area contributed by atoms with Crippen molar-refractivity contribution >= 4 is 23.3 Å². The van der Waals surface area contributed by atoms with Crippen molar-refractivity contribution in [1.82, 2.24) is 0 Å². The van der Waals surface area contributed by atoms with Crippen molar-refractivity contribution in [3.8, 4) is 5.75 Å². The van der Waals surface area contributed by atoms with Crippen molar-refractivity contribution in [2.45, 2.75) is 39.5 Å². The van der Waals surface area contributed by atoms with Crippen LogP contribution in [-0.2, 0) is 19.7 Å². The molecule has 154 valence electrons. The highest BCUT2D eigenvalue weighted by molar-refractivity contribution is 5.98. The maximum Gasteiger partial charge on any atom is 0.309 e. The Morgan fingerprint density at radius 3 is 2.10 bits per heavy atom. The van der Waals surface area contributed by atoms with Crippen LogP contribution in [0.1, 0.15) is 50.0 Å². The standard InChI is InChI=1S/C23H27NO5/c1-16(25)24-19-9-5-17(6-10-19)21(26)15-29-22(27)13-14-28-20-11-7-18(8-12-20)23(2,3)4/h5-12H,13-15H2,1-4H3,(H,24,25). The van der Waals surface area contributed by atoms with Gasteiger partial charge in [0.15, 0.2) is 12.4 Å². The van der Waals surface area contributed by atoms with Crippen molar-refractivity contribution in [2.75, 3.05) is 18.5 Å². The van der Waals surface area contributed by atoms with Gasteiger partial charge in [-0.15, -0.1) is 0 Å². The van der Waals surface area contributed by atoms with Gasteiger partial charge in [0.05, 0.1) is 13.0 Å². The van der Waals surface area contributed by atoms with Gasteiger partial charge in [0, 0.05) is 18.2 Å². The van der Waals surface area contributed by atoms with Crippen LogP contribution in [-0.4, -0.2) is 30.9 Å². The number of nitrogens with one attached hydrogen (secondary N) is 1. The van der Waals surface area contributed by atoms with E-state index in [0.717, 1.165) is 0 Å². The number of Topliss-reactive ketones (excluding diaryl/α,β-unsaturated/α-hetero) is 1. The minimum Gasteiger partial charge on any atom is -0.493 e. The molecule has 2 rings (SSSR count). The fourth-order valence-electron chi connectivity index (χ4n) is 2.55. The van der Waals surface area contributed by atoms with E-state index in [4.69, 9.17) is 9.47 Å². The van der Waals surface area contributed by atoms with Gasteiger partial charge in [0.2, 0.25) is 5.91 Å². The molecular weight excluding hydrogens is 370 g/mol. The first-order chi connectivity index (χ1) is 13.6. The number of carbonyl (C=O) groups is 3. The number of carbonyl (C=O) groups excluding carboxylic acids is 3. The summed E-state index contributed by atoms with van der Waals surface area (Å²) in [7, 11) is 0. The Kier molecular flexibility index (Phi) is 7.53. The van der Waals surface area contributed by atoms with Crippen LogP contribution in [0.25, 0.3) is 0 Å². The number of rotatable bonds is 8. The van der Waals surface area contributed by atoms with Gasteiger partial charge in [-0.05, 0) is 47.4 Å². The summed E-state index contributed by atoms with van der Waals surface area (Å²) >= 11 is 0. The molecule has 6 heteroatoms. The molecule has 0 saturated carbocycles. The van der Waals surface area contributed by atoms with E-state index in [9.17, 15) is 14.4 Å². The topological polar surface area (TPSA) is 81.7 Å². The lowest BCUT2D eigenvalue weighted by atomic mass is 9.87. The van der Waals surface area contributed by atoms with E-state index in [0.29, 0.717) is 17.0 Å². The number of ketones is 1. The third-order valence-corrected chi connectivity index (χ3v) is 4.19. The van der Waals surface area contributed by atoms with Crippen LogP contribution in [0.4, 0.5) is 5.69 Å². The minimum absolute atomic E-state index is 0.0514. The third kappa shape index (κ3) is 7.41. The maximum absolute atomic E-state index is 12.1. The predicted octanol–water partition coefficient (Wildman–Crippen LogP) is 4.14. The fourth-order valence-corrected chi connectivity index (χ4v) is 2.55. The number of anilines is 1. The summed E-state index contributed by atoms with van der Waals surface area (Å²) in [5, 5.41) is 2.62. The second kappa shape index (κ2) is 9.87. The molecule has 0 saturated heterocycles. The molecule has 2 aromatic rings. The first kappa shape index (κ1) is 22.1. The van der Waals surface area contributed by atoms with Crippen LogP contribution in [0, 0.1) is 0 Å². The molecule has 29 heavy (non-hydrogen) atoms. The molecule has 0 unspecified atom stereocenters. The summed E-state index contributed by atoms with van der Waals surface area (Å²) in [4.78, 5) is 34.9. The lowest BCUT2D eigenvalue weighted by Gasteiger charge is -2.19. The normalized spacial score (nSPS) is 10.9. The van der Waals surface area contributed by atoms with E-state index in [2.05, 4.69) is 26.1 Å². The van der Waals surface area contributed by atoms with Gasteiger partial charge in [0.1, 0.15) is 5.75 Å². The average molecular weight is 397 g/mol. The quantitative estimate of drug-likeness (QED) is 0.535. The third-order valence-electron chi connectivity index (χ3n) is 4.19. The second-order valence-corrected chi connectivity index (χ2v) is 7.72. The Bertz CT molecular complexity index is 848. The molecule has 2 aromatic carbocycles. The number of hydrogen-bond acceptors (Lipinski definition) is 5. The van der Waals surface area contributed by atoms with E-state index < -0.39 is 5.97 Å². The molecular formula is C23H27NO5. The molecule has 0 aliphatic rings. The Hall–Kier alpha value is -3.15. The van der Waals surface area contributed by atoms with Crippen molar-refractivity contribution in [1.29, 1.82) is 0 Å². The van der Waals surface area contributed by atoms with Gasteiger partial charge in [-0.3, -0.25) is 14.4 Å². The molecule has 0 aromatic heterocycles. The van der Waals surface area contributed by atoms with Gasteiger partial charge in [-0.2, -0.15) is 0 Å². The predicted molar refractivity (Wildman–Crippen MR) is 111 cm³/mol. The molecule has 6 nitrogen and oxygen atoms in total. The fraction of sp³-hybridized carbons (Fsp3) is 0.348. The van der Waals surface area contributed by atoms with Crippen LogP contribution in [0.5, 0.6) is 5.75 Å². The Labute approximate surface area is 171 Å². The lowest BCUT2D eigenvalue weighted by molar-refractivity contribution is -0.143. The smallest absolute Gasteiger partial charge is 0.309 e. The summed E-state index contributed by atoms with van der Waals surface area (Å²) in [5.74, 6) is -0.322. The van der Waals surface area contributed by atoms with Gasteiger partial charge in [-0.25, -0.2) is 0 Å². The Balaban J connectivity index is 1.72. The zero-order chi connectivity index (χ0) is 21.4. The monoisotopic (exact) mass is 397 g/mol. The van der Waals surface area contributed by atoms with Gasteiger partial charge in [0.25, 0.3) is 0 Å². The number of amides is 1. The van der Waals surface area contributed by atoms with Crippen molar-refractivity contribution in [2.24, 2.45) is 0 Å². The van der Waals surface area contributed by atoms with Crippen molar-refractivity contribution in [3.05, 3.63) is 59.7 Å². The largest absolute Gasteiger partial charge is 0.493 e. The first-order valence-corrected chi connectivity index (χ1v) is 9.45. The molecule has 0 heterocycles. The highest BCUT2D eigenvalue weighted by Gasteiger charge is 2.13. The maximum atomic E-state index is 12.1. The van der Waals surface area contributed by atoms with Crippen LogP contribution < -0.4 is 10.1 Å². The Morgan fingerprint density at radius 2 is 1.55 bits per heavy atom. The van der Waals surface area contributed by atoms with Crippen LogP contribution in [0.3, 0.4) is 0 Å². The van der Waals surface area contributed by atoms with E-state index in [1.165, 1.54) is 12.5 Å². The van der Waals surface area contributed by atoms with Crippen LogP contribution in [0.15, 0.2) is 48.5 Å². The zero-order valence-corrected chi connectivity index (χ0v) is 17.3. The first-order valence-electron chi connectivity index (χ1n) is 9.45. The van der Waals surface area contributed by atoms with E-state index in [1.807, 2.05) is 24.3 Å². The summed E-state index contributed by atoms with van der Waals surface area (Å²) in [6, 6.07) is 14.1. The SMILES string of the molecule is CC(=O)Nc1ccc(C(=O)COC(=O)CCOc2ccc(C(C)(C)C)cc2)cc1. The molecule has 0 radical (unpaired) electrons. The summed E-state index contributed by atoms with van der Waals surface area (Å²) in [5.41, 5.74) is 2.27. The molecule has 0 fully saturated rings. The number of hydrogen-bond donors (Lipinski definition) is 1. The molecule has 0 aliphatic carbocycles. The number of ether oxygens (including phenoxy) is 2. The molecule has 0 bridgehead atoms. The molecule has 1 amide bonds. The zero-order valence-electron chi connectivity index (χ0n) is 17.3. The molecule has 1 N–H and O–H groups in total. The van der Waals surface area contributed by atoms with Crippen LogP contribution >= 0.6 is 0 Å². The summed E-state index contributed by atoms with van der Waals surface area (Å²) in [6.45, 7) is 7.65. The number of esters is 1. The van der Waals surface area contributed by atoms with Crippen molar-refractivity contribution in [3.63, 3.8) is 0 Å². The van der Waals surface area contributed by atoms with Crippen LogP contribution in [0.2, 0.25) is 0 Å². The van der Waals surface area contributed by atoms with Gasteiger partial charge < -0.3 is 14.8 Å². The summed E-state index contributed by atoms with van der Waals surface area (Å²) < 4.78 is 10.6. The molecule has 0 aliphatic heterocycles. The number of benzene rings is 2.